The van der Waals surface area contributed by atoms with Gasteiger partial charge in [-0.05, 0) is 57.3 Å². The molecule has 1 aromatic heterocycles. The maximum absolute atomic E-state index is 12.3. The van der Waals surface area contributed by atoms with Crippen LogP contribution in [0.5, 0.6) is 0 Å². The van der Waals surface area contributed by atoms with Crippen LogP contribution in [-0.2, 0) is 20.7 Å². The Bertz CT molecular complexity index is 945. The summed E-state index contributed by atoms with van der Waals surface area (Å²) in [5, 5.41) is 2.80. The Morgan fingerprint density at radius 2 is 1.84 bits per heavy atom. The lowest BCUT2D eigenvalue weighted by molar-refractivity contribution is 0.00578. The molecule has 0 saturated carbocycles. The predicted octanol–water partition coefficient (Wildman–Crippen LogP) is 3.91. The van der Waals surface area contributed by atoms with Gasteiger partial charge in [0.05, 0.1) is 23.1 Å². The summed E-state index contributed by atoms with van der Waals surface area (Å²) in [5.41, 5.74) is 8.77. The van der Waals surface area contributed by atoms with Crippen LogP contribution in [0, 0.1) is 6.92 Å². The van der Waals surface area contributed by atoms with Crippen molar-refractivity contribution in [1.29, 1.82) is 0 Å². The van der Waals surface area contributed by atoms with Crippen molar-refractivity contribution in [3.05, 3.63) is 64.9 Å². The van der Waals surface area contributed by atoms with Crippen LogP contribution in [0.15, 0.2) is 48.1 Å². The molecule has 0 bridgehead atoms. The minimum atomic E-state index is -0.625. The molecular formula is C23H30BN3O4. The Morgan fingerprint density at radius 1 is 1.19 bits per heavy atom. The first kappa shape index (κ1) is 22.8. The van der Waals surface area contributed by atoms with E-state index in [1.807, 2.05) is 77.1 Å². The Kier molecular flexibility index (Phi) is 6.72. The van der Waals surface area contributed by atoms with E-state index in [4.69, 9.17) is 19.8 Å². The molecule has 3 N–H and O–H groups in total. The summed E-state index contributed by atoms with van der Waals surface area (Å²) in [7, 11) is -0.625. The minimum Gasteiger partial charge on any atom is -0.445 e. The highest BCUT2D eigenvalue weighted by molar-refractivity contribution is 6.56. The van der Waals surface area contributed by atoms with Crippen LogP contribution in [0.4, 0.5) is 10.5 Å². The highest BCUT2D eigenvalue weighted by atomic mass is 16.7. The Morgan fingerprint density at radius 3 is 2.48 bits per heavy atom. The maximum Gasteiger partial charge on any atom is 0.492 e. The summed E-state index contributed by atoms with van der Waals surface area (Å²) in [5.74, 6) is 0. The molecule has 164 valence electrons. The number of nitrogen functional groups attached to an aromatic ring is 1. The zero-order valence-corrected chi connectivity index (χ0v) is 18.8. The first-order valence-electron chi connectivity index (χ1n) is 10.3. The van der Waals surface area contributed by atoms with Crippen molar-refractivity contribution in [2.24, 2.45) is 0 Å². The van der Waals surface area contributed by atoms with Crippen LogP contribution in [0.25, 0.3) is 6.08 Å². The highest BCUT2D eigenvalue weighted by Crippen LogP contribution is 2.38. The van der Waals surface area contributed by atoms with E-state index in [-0.39, 0.29) is 13.2 Å². The van der Waals surface area contributed by atoms with E-state index in [0.29, 0.717) is 5.69 Å². The third-order valence-corrected chi connectivity index (χ3v) is 5.69. The van der Waals surface area contributed by atoms with Crippen molar-refractivity contribution in [2.75, 3.05) is 12.3 Å². The number of anilines is 1. The number of carbonyl (C=O) groups is 1. The molecule has 1 saturated heterocycles. The van der Waals surface area contributed by atoms with Crippen LogP contribution in [0.1, 0.15) is 44.5 Å². The molecule has 1 amide bonds. The molecule has 2 aromatic rings. The van der Waals surface area contributed by atoms with E-state index in [9.17, 15) is 4.79 Å². The number of aryl methyl sites for hydroxylation is 1. The van der Waals surface area contributed by atoms with Gasteiger partial charge in [0.1, 0.15) is 6.61 Å². The molecule has 2 heterocycles. The van der Waals surface area contributed by atoms with Crippen LogP contribution in [0.3, 0.4) is 0 Å². The molecule has 1 fully saturated rings. The molecule has 0 unspecified atom stereocenters. The smallest absolute Gasteiger partial charge is 0.445 e. The molecule has 0 aliphatic carbocycles. The van der Waals surface area contributed by atoms with E-state index in [1.165, 1.54) is 0 Å². The lowest BCUT2D eigenvalue weighted by Gasteiger charge is -2.32. The lowest BCUT2D eigenvalue weighted by atomic mass is 9.77. The molecule has 8 heteroatoms. The highest BCUT2D eigenvalue weighted by Gasteiger charge is 2.52. The second kappa shape index (κ2) is 9.12. The number of carbonyl (C=O) groups excluding carboxylic acids is 1. The summed E-state index contributed by atoms with van der Waals surface area (Å²) >= 11 is 0. The van der Waals surface area contributed by atoms with Crippen molar-refractivity contribution < 1.29 is 18.8 Å². The number of pyridine rings is 1. The van der Waals surface area contributed by atoms with Gasteiger partial charge in [0.25, 0.3) is 0 Å². The molecule has 1 aliphatic rings. The van der Waals surface area contributed by atoms with E-state index in [1.54, 1.807) is 6.20 Å². The topological polar surface area (TPSA) is 95.7 Å². The molecule has 0 spiro atoms. The van der Waals surface area contributed by atoms with Gasteiger partial charge in [-0.15, -0.1) is 0 Å². The van der Waals surface area contributed by atoms with E-state index < -0.39 is 24.4 Å². The van der Waals surface area contributed by atoms with Gasteiger partial charge in [-0.1, -0.05) is 36.4 Å². The Labute approximate surface area is 184 Å². The van der Waals surface area contributed by atoms with E-state index in [0.717, 1.165) is 22.3 Å². The SMILES string of the molecule is Cc1ncc(N)cc1C=C(CNC(=O)OCc1ccccc1)B1OC(C)(C)C(C)(C)O1. The average Bonchev–Trinajstić information content (AvgIpc) is 2.94. The van der Waals surface area contributed by atoms with Gasteiger partial charge in [-0.3, -0.25) is 4.98 Å². The number of nitrogens with one attached hydrogen (secondary N) is 1. The maximum atomic E-state index is 12.3. The van der Waals surface area contributed by atoms with Crippen LogP contribution in [0.2, 0.25) is 0 Å². The van der Waals surface area contributed by atoms with Crippen molar-refractivity contribution >= 4 is 25.0 Å². The number of nitrogens with zero attached hydrogens (tertiary/aromatic N) is 1. The van der Waals surface area contributed by atoms with Gasteiger partial charge in [0.2, 0.25) is 0 Å². The molecule has 0 radical (unpaired) electrons. The number of aromatic nitrogens is 1. The zero-order valence-electron chi connectivity index (χ0n) is 18.8. The van der Waals surface area contributed by atoms with Gasteiger partial charge < -0.3 is 25.1 Å². The Hall–Kier alpha value is -2.84. The lowest BCUT2D eigenvalue weighted by Crippen LogP contribution is -2.41. The first-order valence-corrected chi connectivity index (χ1v) is 10.3. The number of benzene rings is 1. The Balaban J connectivity index is 1.75. The minimum absolute atomic E-state index is 0.193. The van der Waals surface area contributed by atoms with Crippen LogP contribution >= 0.6 is 0 Å². The van der Waals surface area contributed by atoms with Gasteiger partial charge in [-0.2, -0.15) is 0 Å². The fourth-order valence-electron chi connectivity index (χ4n) is 3.06. The summed E-state index contributed by atoms with van der Waals surface area (Å²) < 4.78 is 17.7. The third-order valence-electron chi connectivity index (χ3n) is 5.69. The first-order chi connectivity index (χ1) is 14.6. The van der Waals surface area contributed by atoms with Gasteiger partial charge in [0, 0.05) is 12.2 Å². The fraction of sp³-hybridized carbons (Fsp3) is 0.391. The quantitative estimate of drug-likeness (QED) is 0.684. The van der Waals surface area contributed by atoms with Gasteiger partial charge in [-0.25, -0.2) is 4.79 Å². The van der Waals surface area contributed by atoms with Crippen LogP contribution < -0.4 is 11.1 Å². The van der Waals surface area contributed by atoms with Gasteiger partial charge in [0.15, 0.2) is 0 Å². The number of hydrogen-bond acceptors (Lipinski definition) is 6. The molecular weight excluding hydrogens is 393 g/mol. The summed E-state index contributed by atoms with van der Waals surface area (Å²) in [6, 6.07) is 11.4. The van der Waals surface area contributed by atoms with Crippen molar-refractivity contribution in [2.45, 2.75) is 52.4 Å². The average molecular weight is 423 g/mol. The fourth-order valence-corrected chi connectivity index (χ4v) is 3.06. The predicted molar refractivity (Wildman–Crippen MR) is 122 cm³/mol. The van der Waals surface area contributed by atoms with Gasteiger partial charge >= 0.3 is 13.2 Å². The number of amides is 1. The number of ether oxygens (including phenoxy) is 1. The normalized spacial score (nSPS) is 17.5. The summed E-state index contributed by atoms with van der Waals surface area (Å²) in [4.78, 5) is 16.6. The summed E-state index contributed by atoms with van der Waals surface area (Å²) in [6.07, 6.45) is 2.99. The molecule has 31 heavy (non-hydrogen) atoms. The number of nitrogens with two attached hydrogens (primary N) is 1. The van der Waals surface area contributed by atoms with E-state index in [2.05, 4.69) is 10.3 Å². The number of rotatable bonds is 6. The third kappa shape index (κ3) is 5.65. The standard InChI is InChI=1S/C23H30BN3O4/c1-16-18(12-20(25)14-26-16)11-19(24-30-22(2,3)23(4,5)31-24)13-27-21(28)29-15-17-9-7-6-8-10-17/h6-12,14H,13,15,25H2,1-5H3,(H,27,28). The molecule has 7 nitrogen and oxygen atoms in total. The van der Waals surface area contributed by atoms with E-state index >= 15 is 0 Å². The molecule has 1 aromatic carbocycles. The second-order valence-electron chi connectivity index (χ2n) is 8.67. The molecule has 0 atom stereocenters. The van der Waals surface area contributed by atoms with Crippen molar-refractivity contribution in [3.63, 3.8) is 0 Å². The second-order valence-corrected chi connectivity index (χ2v) is 8.67. The van der Waals surface area contributed by atoms with Crippen LogP contribution in [-0.4, -0.2) is 35.9 Å². The zero-order chi connectivity index (χ0) is 22.6. The monoisotopic (exact) mass is 423 g/mol. The summed E-state index contributed by atoms with van der Waals surface area (Å²) in [6.45, 7) is 10.2. The number of hydrogen-bond donors (Lipinski definition) is 2. The molecule has 1 aliphatic heterocycles. The number of alkyl carbamates (subject to hydrolysis) is 1. The largest absolute Gasteiger partial charge is 0.492 e. The van der Waals surface area contributed by atoms with Crippen molar-refractivity contribution in [1.82, 2.24) is 10.3 Å². The van der Waals surface area contributed by atoms with Crippen molar-refractivity contribution in [3.8, 4) is 0 Å². The molecule has 3 rings (SSSR count).